The largest absolute Gasteiger partial charge is 0.378 e. The van der Waals surface area contributed by atoms with Crippen LogP contribution in [0.15, 0.2) is 18.5 Å². The normalized spacial score (nSPS) is 22.0. The highest BCUT2D eigenvalue weighted by Crippen LogP contribution is 2.26. The lowest BCUT2D eigenvalue weighted by Gasteiger charge is -2.22. The summed E-state index contributed by atoms with van der Waals surface area (Å²) in [6.07, 6.45) is 4.65. The van der Waals surface area contributed by atoms with E-state index in [1.54, 1.807) is 12.4 Å². The van der Waals surface area contributed by atoms with Gasteiger partial charge in [0.1, 0.15) is 0 Å². The standard InChI is InChI=1S/C15H23N3O2/c1-10(2)14-12(4-5-20-14)8-17-15(19)18-13-6-11(3)7-16-9-13/h6-7,9-10,12,14H,4-5,8H2,1-3H3,(H2,17,18,19)/t12-,14-/m0/s1. The molecule has 0 spiro atoms. The van der Waals surface area contributed by atoms with Crippen molar-refractivity contribution < 1.29 is 9.53 Å². The van der Waals surface area contributed by atoms with Crippen LogP contribution in [0.4, 0.5) is 10.5 Å². The van der Waals surface area contributed by atoms with Crippen molar-refractivity contribution in [2.45, 2.75) is 33.3 Å². The monoisotopic (exact) mass is 277 g/mol. The first-order valence-corrected chi connectivity index (χ1v) is 7.14. The molecule has 0 saturated carbocycles. The van der Waals surface area contributed by atoms with Crippen LogP contribution in [-0.4, -0.2) is 30.3 Å². The summed E-state index contributed by atoms with van der Waals surface area (Å²) in [5, 5.41) is 5.72. The molecule has 0 radical (unpaired) electrons. The fourth-order valence-electron chi connectivity index (χ4n) is 2.63. The Hall–Kier alpha value is -1.62. The van der Waals surface area contributed by atoms with E-state index in [2.05, 4.69) is 29.5 Å². The molecular weight excluding hydrogens is 254 g/mol. The molecule has 0 aromatic carbocycles. The number of ether oxygens (including phenoxy) is 1. The first-order chi connectivity index (χ1) is 9.56. The van der Waals surface area contributed by atoms with Gasteiger partial charge in [0.05, 0.1) is 18.0 Å². The van der Waals surface area contributed by atoms with Crippen molar-refractivity contribution in [2.75, 3.05) is 18.5 Å². The number of hydrogen-bond acceptors (Lipinski definition) is 3. The zero-order valence-electron chi connectivity index (χ0n) is 12.3. The maximum Gasteiger partial charge on any atom is 0.319 e. The average molecular weight is 277 g/mol. The molecule has 1 saturated heterocycles. The number of aromatic nitrogens is 1. The second-order valence-electron chi connectivity index (χ2n) is 5.71. The van der Waals surface area contributed by atoms with E-state index in [9.17, 15) is 4.79 Å². The number of aryl methyl sites for hydroxylation is 1. The maximum absolute atomic E-state index is 11.9. The first-order valence-electron chi connectivity index (χ1n) is 7.14. The molecule has 1 aromatic heterocycles. The van der Waals surface area contributed by atoms with Gasteiger partial charge in [0.15, 0.2) is 0 Å². The number of rotatable bonds is 4. The molecule has 110 valence electrons. The van der Waals surface area contributed by atoms with Crippen molar-refractivity contribution in [3.63, 3.8) is 0 Å². The topological polar surface area (TPSA) is 63.2 Å². The average Bonchev–Trinajstić information content (AvgIpc) is 2.85. The maximum atomic E-state index is 11.9. The lowest BCUT2D eigenvalue weighted by atomic mass is 9.93. The summed E-state index contributed by atoms with van der Waals surface area (Å²) < 4.78 is 5.71. The molecular formula is C15H23N3O2. The van der Waals surface area contributed by atoms with E-state index in [0.717, 1.165) is 18.6 Å². The Morgan fingerprint density at radius 2 is 2.30 bits per heavy atom. The predicted molar refractivity (Wildman–Crippen MR) is 78.7 cm³/mol. The lowest BCUT2D eigenvalue weighted by molar-refractivity contribution is 0.0546. The molecule has 1 aliphatic rings. The molecule has 2 N–H and O–H groups in total. The molecule has 2 rings (SSSR count). The van der Waals surface area contributed by atoms with E-state index in [0.29, 0.717) is 24.1 Å². The Labute approximate surface area is 120 Å². The molecule has 1 aliphatic heterocycles. The van der Waals surface area contributed by atoms with Crippen molar-refractivity contribution in [1.82, 2.24) is 10.3 Å². The third-order valence-electron chi connectivity index (χ3n) is 3.58. The summed E-state index contributed by atoms with van der Waals surface area (Å²) in [7, 11) is 0. The summed E-state index contributed by atoms with van der Waals surface area (Å²) in [6, 6.07) is 1.70. The molecule has 2 amide bonds. The van der Waals surface area contributed by atoms with E-state index >= 15 is 0 Å². The number of anilines is 1. The number of urea groups is 1. The quantitative estimate of drug-likeness (QED) is 0.889. The van der Waals surface area contributed by atoms with Gasteiger partial charge in [-0.15, -0.1) is 0 Å². The number of amides is 2. The third kappa shape index (κ3) is 3.93. The SMILES string of the molecule is Cc1cncc(NC(=O)NC[C@@H]2CCO[C@H]2C(C)C)c1. The summed E-state index contributed by atoms with van der Waals surface area (Å²) in [5.74, 6) is 0.879. The molecule has 2 heterocycles. The molecule has 0 aliphatic carbocycles. The van der Waals surface area contributed by atoms with Crippen LogP contribution in [0.2, 0.25) is 0 Å². The highest BCUT2D eigenvalue weighted by Gasteiger charge is 2.30. The van der Waals surface area contributed by atoms with Crippen molar-refractivity contribution in [3.8, 4) is 0 Å². The number of carbonyl (C=O) groups excluding carboxylic acids is 1. The molecule has 2 atom stereocenters. The number of carbonyl (C=O) groups is 1. The van der Waals surface area contributed by atoms with Crippen LogP contribution < -0.4 is 10.6 Å². The fraction of sp³-hybridized carbons (Fsp3) is 0.600. The molecule has 5 heteroatoms. The van der Waals surface area contributed by atoms with Gasteiger partial charge >= 0.3 is 6.03 Å². The van der Waals surface area contributed by atoms with Gasteiger partial charge < -0.3 is 15.4 Å². The van der Waals surface area contributed by atoms with Crippen molar-refractivity contribution in [2.24, 2.45) is 11.8 Å². The summed E-state index contributed by atoms with van der Waals surface area (Å²) in [5.41, 5.74) is 1.73. The van der Waals surface area contributed by atoms with Crippen LogP contribution in [0.1, 0.15) is 25.8 Å². The van der Waals surface area contributed by atoms with Crippen molar-refractivity contribution in [1.29, 1.82) is 0 Å². The van der Waals surface area contributed by atoms with Crippen LogP contribution >= 0.6 is 0 Å². The Morgan fingerprint density at radius 1 is 1.50 bits per heavy atom. The Balaban J connectivity index is 1.80. The number of pyridine rings is 1. The molecule has 0 bridgehead atoms. The van der Waals surface area contributed by atoms with Gasteiger partial charge in [-0.3, -0.25) is 4.98 Å². The van der Waals surface area contributed by atoms with Gasteiger partial charge in [0, 0.05) is 25.3 Å². The van der Waals surface area contributed by atoms with Gasteiger partial charge in [-0.05, 0) is 30.9 Å². The van der Waals surface area contributed by atoms with Gasteiger partial charge in [-0.2, -0.15) is 0 Å². The van der Waals surface area contributed by atoms with Gasteiger partial charge in [-0.25, -0.2) is 4.79 Å². The third-order valence-corrected chi connectivity index (χ3v) is 3.58. The number of nitrogens with zero attached hydrogens (tertiary/aromatic N) is 1. The second kappa shape index (κ2) is 6.70. The lowest BCUT2D eigenvalue weighted by Crippen LogP contribution is -2.37. The summed E-state index contributed by atoms with van der Waals surface area (Å²) >= 11 is 0. The van der Waals surface area contributed by atoms with Gasteiger partial charge in [0.25, 0.3) is 0 Å². The molecule has 20 heavy (non-hydrogen) atoms. The predicted octanol–water partition coefficient (Wildman–Crippen LogP) is 2.57. The second-order valence-corrected chi connectivity index (χ2v) is 5.71. The van der Waals surface area contributed by atoms with Crippen LogP contribution in [0.25, 0.3) is 0 Å². The Kier molecular flexibility index (Phi) is 4.95. The summed E-state index contributed by atoms with van der Waals surface area (Å²) in [4.78, 5) is 15.9. The first kappa shape index (κ1) is 14.8. The van der Waals surface area contributed by atoms with Crippen molar-refractivity contribution >= 4 is 11.7 Å². The highest BCUT2D eigenvalue weighted by atomic mass is 16.5. The minimum absolute atomic E-state index is 0.188. The molecule has 5 nitrogen and oxygen atoms in total. The van der Waals surface area contributed by atoms with Gasteiger partial charge in [0.2, 0.25) is 0 Å². The Bertz CT molecular complexity index is 462. The number of nitrogens with one attached hydrogen (secondary N) is 2. The zero-order valence-corrected chi connectivity index (χ0v) is 12.3. The molecule has 0 unspecified atom stereocenters. The van der Waals surface area contributed by atoms with Crippen LogP contribution in [-0.2, 0) is 4.74 Å². The smallest absolute Gasteiger partial charge is 0.319 e. The van der Waals surface area contributed by atoms with Gasteiger partial charge in [-0.1, -0.05) is 13.8 Å². The molecule has 1 fully saturated rings. The van der Waals surface area contributed by atoms with E-state index < -0.39 is 0 Å². The minimum Gasteiger partial charge on any atom is -0.378 e. The van der Waals surface area contributed by atoms with E-state index in [4.69, 9.17) is 4.74 Å². The summed E-state index contributed by atoms with van der Waals surface area (Å²) in [6.45, 7) is 7.69. The minimum atomic E-state index is -0.188. The number of hydrogen-bond donors (Lipinski definition) is 2. The van der Waals surface area contributed by atoms with Crippen molar-refractivity contribution in [3.05, 3.63) is 24.0 Å². The van der Waals surface area contributed by atoms with E-state index in [1.807, 2.05) is 13.0 Å². The Morgan fingerprint density at radius 3 is 3.00 bits per heavy atom. The van der Waals surface area contributed by atoms with Crippen LogP contribution in [0, 0.1) is 18.8 Å². The zero-order chi connectivity index (χ0) is 14.5. The fourth-order valence-corrected chi connectivity index (χ4v) is 2.63. The van der Waals surface area contributed by atoms with E-state index in [-0.39, 0.29) is 12.1 Å². The highest BCUT2D eigenvalue weighted by molar-refractivity contribution is 5.89. The van der Waals surface area contributed by atoms with E-state index in [1.165, 1.54) is 0 Å². The molecule has 1 aromatic rings. The van der Waals surface area contributed by atoms with Crippen LogP contribution in [0.5, 0.6) is 0 Å². The van der Waals surface area contributed by atoms with Crippen LogP contribution in [0.3, 0.4) is 0 Å².